The molecule has 0 aromatic carbocycles. The highest BCUT2D eigenvalue weighted by atomic mass is 127. The average Bonchev–Trinajstić information content (AvgIpc) is 2.49. The number of halogens is 1. The quantitative estimate of drug-likeness (QED) is 0.232. The van der Waals surface area contributed by atoms with E-state index in [1.54, 1.807) is 0 Å². The Morgan fingerprint density at radius 3 is 2.15 bits per heavy atom. The van der Waals surface area contributed by atoms with Gasteiger partial charge >= 0.3 is 0 Å². The Kier molecular flexibility index (Phi) is 10.8. The second kappa shape index (κ2) is 11.8. The van der Waals surface area contributed by atoms with Crippen molar-refractivity contribution in [3.05, 3.63) is 0 Å². The van der Waals surface area contributed by atoms with Crippen LogP contribution in [0.15, 0.2) is 0 Å². The van der Waals surface area contributed by atoms with E-state index in [4.69, 9.17) is 4.74 Å². The molecule has 0 saturated carbocycles. The van der Waals surface area contributed by atoms with E-state index >= 15 is 0 Å². The third kappa shape index (κ3) is 7.85. The first-order chi connectivity index (χ1) is 9.83. The van der Waals surface area contributed by atoms with Crippen LogP contribution in [-0.4, -0.2) is 43.9 Å². The van der Waals surface area contributed by atoms with Crippen LogP contribution in [0.5, 0.6) is 0 Å². The molecule has 1 rings (SSSR count). The monoisotopic (exact) mass is 392 g/mol. The van der Waals surface area contributed by atoms with Crippen LogP contribution in [0.1, 0.15) is 58.3 Å². The summed E-state index contributed by atoms with van der Waals surface area (Å²) in [5.41, 5.74) is 0. The zero-order valence-electron chi connectivity index (χ0n) is 13.1. The van der Waals surface area contributed by atoms with E-state index in [9.17, 15) is 0 Å². The first-order valence-electron chi connectivity index (χ1n) is 8.34. The van der Waals surface area contributed by atoms with Gasteiger partial charge in [-0.1, -0.05) is 45.4 Å². The summed E-state index contributed by atoms with van der Waals surface area (Å²) < 4.78 is 9.73. The van der Waals surface area contributed by atoms with E-state index in [0.717, 1.165) is 32.8 Å². The lowest BCUT2D eigenvalue weighted by molar-refractivity contribution is -0.928. The van der Waals surface area contributed by atoms with E-state index < -0.39 is 0 Å². The minimum absolute atomic E-state index is 0.917. The Labute approximate surface area is 139 Å². The largest absolute Gasteiger partial charge is 0.370 e. The van der Waals surface area contributed by atoms with Crippen LogP contribution in [0.4, 0.5) is 0 Å². The fourth-order valence-corrected chi connectivity index (χ4v) is 3.14. The summed E-state index contributed by atoms with van der Waals surface area (Å²) in [7, 11) is 0. The molecule has 3 heteroatoms. The van der Waals surface area contributed by atoms with Gasteiger partial charge in [-0.25, -0.2) is 0 Å². The van der Waals surface area contributed by atoms with Crippen molar-refractivity contribution in [3.63, 3.8) is 0 Å². The van der Waals surface area contributed by atoms with E-state index in [-0.39, 0.29) is 0 Å². The van der Waals surface area contributed by atoms with Gasteiger partial charge < -0.3 is 9.22 Å². The summed E-state index contributed by atoms with van der Waals surface area (Å²) in [4.78, 5) is 0. The molecule has 1 fully saturated rings. The SMILES string of the molecule is CCCCCCCCCC[N+]1(CC#CI)CCOCC1. The van der Waals surface area contributed by atoms with Gasteiger partial charge in [0.15, 0.2) is 0 Å². The Bertz CT molecular complexity index is 289. The van der Waals surface area contributed by atoms with Gasteiger partial charge in [-0.3, -0.25) is 0 Å². The molecule has 0 spiro atoms. The van der Waals surface area contributed by atoms with E-state index in [2.05, 4.69) is 39.4 Å². The number of hydrogen-bond acceptors (Lipinski definition) is 1. The molecule has 0 aromatic heterocycles. The third-order valence-corrected chi connectivity index (χ3v) is 4.77. The number of quaternary nitrogens is 1. The van der Waals surface area contributed by atoms with Gasteiger partial charge in [0, 0.05) is 22.6 Å². The van der Waals surface area contributed by atoms with Crippen molar-refractivity contribution in [1.29, 1.82) is 0 Å². The number of morpholine rings is 1. The second-order valence-electron chi connectivity index (χ2n) is 6.03. The fraction of sp³-hybridized carbons (Fsp3) is 0.882. The van der Waals surface area contributed by atoms with Crippen LogP contribution < -0.4 is 0 Å². The predicted octanol–water partition coefficient (Wildman–Crippen LogP) is 4.37. The molecule has 0 bridgehead atoms. The van der Waals surface area contributed by atoms with Crippen molar-refractivity contribution < 1.29 is 9.22 Å². The number of nitrogens with zero attached hydrogens (tertiary/aromatic N) is 1. The topological polar surface area (TPSA) is 9.23 Å². The zero-order valence-corrected chi connectivity index (χ0v) is 15.3. The van der Waals surface area contributed by atoms with Gasteiger partial charge in [0.05, 0.1) is 19.8 Å². The highest BCUT2D eigenvalue weighted by Crippen LogP contribution is 2.15. The van der Waals surface area contributed by atoms with Crippen molar-refractivity contribution in [2.24, 2.45) is 0 Å². The van der Waals surface area contributed by atoms with Gasteiger partial charge in [-0.15, -0.1) is 0 Å². The summed E-state index contributed by atoms with van der Waals surface area (Å²) in [5, 5.41) is 0. The predicted molar refractivity (Wildman–Crippen MR) is 95.0 cm³/mol. The molecular weight excluding hydrogens is 361 g/mol. The Hall–Kier alpha value is 0.210. The maximum Gasteiger partial charge on any atom is 0.141 e. The highest BCUT2D eigenvalue weighted by molar-refractivity contribution is 14.1. The summed E-state index contributed by atoms with van der Waals surface area (Å²) >= 11 is 2.15. The highest BCUT2D eigenvalue weighted by Gasteiger charge is 2.28. The maximum atomic E-state index is 5.52. The van der Waals surface area contributed by atoms with E-state index in [0.29, 0.717) is 0 Å². The standard InChI is InChI=1S/C17H31INO/c1-2-3-4-5-6-7-8-9-12-19(13-10-11-18)14-16-20-17-15-19/h2-9,12-17H2,1H3/q+1. The van der Waals surface area contributed by atoms with Crippen LogP contribution in [0.3, 0.4) is 0 Å². The van der Waals surface area contributed by atoms with Crippen LogP contribution >= 0.6 is 22.6 Å². The number of ether oxygens (including phenoxy) is 1. The van der Waals surface area contributed by atoms with Crippen LogP contribution in [-0.2, 0) is 4.74 Å². The molecule has 1 heterocycles. The number of hydrogen-bond donors (Lipinski definition) is 0. The molecule has 0 atom stereocenters. The molecule has 2 nitrogen and oxygen atoms in total. The molecule has 0 aromatic rings. The summed E-state index contributed by atoms with van der Waals surface area (Å²) in [5.74, 6) is 3.29. The molecule has 1 aliphatic heterocycles. The molecule has 116 valence electrons. The third-order valence-electron chi connectivity index (χ3n) is 4.39. The summed E-state index contributed by atoms with van der Waals surface area (Å²) in [6.45, 7) is 8.74. The summed E-state index contributed by atoms with van der Waals surface area (Å²) in [6.07, 6.45) is 11.2. The Balaban J connectivity index is 2.13. The van der Waals surface area contributed by atoms with Crippen molar-refractivity contribution in [2.45, 2.75) is 58.3 Å². The van der Waals surface area contributed by atoms with E-state index in [1.165, 1.54) is 62.4 Å². The van der Waals surface area contributed by atoms with Crippen molar-refractivity contribution in [1.82, 2.24) is 0 Å². The minimum atomic E-state index is 0.917. The molecular formula is C17H31INO+. The lowest BCUT2D eigenvalue weighted by Gasteiger charge is -2.40. The number of unbranched alkanes of at least 4 members (excludes halogenated alkanes) is 7. The van der Waals surface area contributed by atoms with Crippen LogP contribution in [0.2, 0.25) is 0 Å². The minimum Gasteiger partial charge on any atom is -0.370 e. The van der Waals surface area contributed by atoms with Crippen molar-refractivity contribution >= 4 is 22.6 Å². The molecule has 0 N–H and O–H groups in total. The second-order valence-corrected chi connectivity index (χ2v) is 6.57. The van der Waals surface area contributed by atoms with E-state index in [1.807, 2.05) is 0 Å². The molecule has 0 aliphatic carbocycles. The summed E-state index contributed by atoms with van der Waals surface area (Å²) in [6, 6.07) is 0. The van der Waals surface area contributed by atoms with Crippen LogP contribution in [0.25, 0.3) is 0 Å². The Morgan fingerprint density at radius 1 is 0.950 bits per heavy atom. The normalized spacial score (nSPS) is 17.5. The van der Waals surface area contributed by atoms with Gasteiger partial charge in [0.2, 0.25) is 0 Å². The van der Waals surface area contributed by atoms with Gasteiger partial charge in [0.1, 0.15) is 19.6 Å². The lowest BCUT2D eigenvalue weighted by Crippen LogP contribution is -2.55. The molecule has 1 saturated heterocycles. The lowest BCUT2D eigenvalue weighted by atomic mass is 10.1. The average molecular weight is 392 g/mol. The smallest absolute Gasteiger partial charge is 0.141 e. The molecule has 0 radical (unpaired) electrons. The van der Waals surface area contributed by atoms with Gasteiger partial charge in [-0.2, -0.15) is 0 Å². The first-order valence-corrected chi connectivity index (χ1v) is 9.42. The molecule has 20 heavy (non-hydrogen) atoms. The van der Waals surface area contributed by atoms with Crippen molar-refractivity contribution in [2.75, 3.05) is 39.4 Å². The molecule has 0 unspecified atom stereocenters. The van der Waals surface area contributed by atoms with Crippen molar-refractivity contribution in [3.8, 4) is 9.85 Å². The first kappa shape index (κ1) is 18.3. The number of rotatable bonds is 10. The zero-order chi connectivity index (χ0) is 14.5. The van der Waals surface area contributed by atoms with Gasteiger partial charge in [-0.05, 0) is 22.7 Å². The fourth-order valence-electron chi connectivity index (χ4n) is 2.97. The molecule has 0 amide bonds. The van der Waals surface area contributed by atoms with Crippen LogP contribution in [0, 0.1) is 9.85 Å². The molecule has 1 aliphatic rings. The maximum absolute atomic E-state index is 5.52. The van der Waals surface area contributed by atoms with Gasteiger partial charge in [0.25, 0.3) is 0 Å². The Morgan fingerprint density at radius 2 is 1.55 bits per heavy atom.